The second kappa shape index (κ2) is 28.5. The van der Waals surface area contributed by atoms with Gasteiger partial charge in [0.05, 0.1) is 117 Å². The van der Waals surface area contributed by atoms with E-state index < -0.39 is 10.8 Å². The summed E-state index contributed by atoms with van der Waals surface area (Å²) in [6, 6.07) is 61.2. The van der Waals surface area contributed by atoms with E-state index in [2.05, 4.69) is 72.8 Å². The molecule has 0 aliphatic rings. The minimum absolute atomic E-state index is 0.371. The lowest BCUT2D eigenvalue weighted by Gasteiger charge is -2.33. The zero-order valence-electron chi connectivity index (χ0n) is 37.1. The molecule has 0 aliphatic carbocycles. The number of benzene rings is 6. The molecule has 0 spiro atoms. The van der Waals surface area contributed by atoms with Crippen molar-refractivity contribution >= 4 is 0 Å². The smallest absolute Gasteiger partial charge is 0.0717 e. The highest BCUT2D eigenvalue weighted by atomic mass is 16.5. The predicted molar refractivity (Wildman–Crippen MR) is 252 cm³/mol. The fourth-order valence-electron chi connectivity index (χ4n) is 7.08. The first-order valence-electron chi connectivity index (χ1n) is 22.2. The molecule has 6 rings (SSSR count). The molecule has 0 bridgehead atoms. The van der Waals surface area contributed by atoms with Crippen molar-refractivity contribution in [2.75, 3.05) is 66.1 Å². The first-order chi connectivity index (χ1) is 31.7. The Kier molecular flexibility index (Phi) is 21.5. The molecule has 6 aromatic carbocycles. The van der Waals surface area contributed by atoms with E-state index in [4.69, 9.17) is 37.9 Å². The van der Waals surface area contributed by atoms with Crippen LogP contribution in [0.15, 0.2) is 194 Å². The summed E-state index contributed by atoms with van der Waals surface area (Å²) in [5, 5.41) is 0. The summed E-state index contributed by atoms with van der Waals surface area (Å²) in [6.07, 6.45) is 3.99. The lowest BCUT2D eigenvalue weighted by molar-refractivity contribution is -0.113. The Labute approximate surface area is 380 Å². The summed E-state index contributed by atoms with van der Waals surface area (Å²) in [6.45, 7) is 6.73. The van der Waals surface area contributed by atoms with Crippen LogP contribution in [0.25, 0.3) is 0 Å². The van der Waals surface area contributed by atoms with E-state index >= 15 is 0 Å². The summed E-state index contributed by atoms with van der Waals surface area (Å²) in [5.74, 6) is 0. The van der Waals surface area contributed by atoms with Crippen LogP contribution in [0, 0.1) is 10.8 Å². The van der Waals surface area contributed by atoms with Gasteiger partial charge in [-0.15, -0.1) is 0 Å². The largest absolute Gasteiger partial charge is 0.377 e. The Hall–Kier alpha value is -5.26. The standard InChI is InChI=1S/C56H64O8/c1-7-21-49(22-8-1)35-59-43-55(44-60-36-50-23-9-2-10-24-50,45-61-37-51-25-11-3-12-26-51)41-57-33-19-20-34-58-42-56(46-62-38-52-27-13-4-14-28-52,47-63-39-53-29-15-5-16-30-53)48-64-40-54-31-17-6-18-32-54/h1-32H,33-48H2/b20-19+. The fourth-order valence-corrected chi connectivity index (χ4v) is 7.08. The van der Waals surface area contributed by atoms with Crippen LogP contribution in [-0.2, 0) is 77.5 Å². The number of hydrogen-bond acceptors (Lipinski definition) is 8. The van der Waals surface area contributed by atoms with E-state index in [1.807, 2.05) is 121 Å². The molecule has 64 heavy (non-hydrogen) atoms. The molecule has 8 heteroatoms. The molecule has 6 aromatic rings. The van der Waals surface area contributed by atoms with E-state index in [1.54, 1.807) is 0 Å². The quantitative estimate of drug-likeness (QED) is 0.0307. The Bertz CT molecular complexity index is 1710. The van der Waals surface area contributed by atoms with Crippen molar-refractivity contribution in [2.45, 2.75) is 39.6 Å². The van der Waals surface area contributed by atoms with Gasteiger partial charge in [0, 0.05) is 0 Å². The third-order valence-electron chi connectivity index (χ3n) is 10.5. The van der Waals surface area contributed by atoms with Crippen molar-refractivity contribution in [3.63, 3.8) is 0 Å². The van der Waals surface area contributed by atoms with E-state index in [9.17, 15) is 0 Å². The molecule has 0 fully saturated rings. The Balaban J connectivity index is 1.08. The van der Waals surface area contributed by atoms with Crippen molar-refractivity contribution in [3.8, 4) is 0 Å². The molecule has 0 amide bonds. The van der Waals surface area contributed by atoms with Crippen LogP contribution < -0.4 is 0 Å². The van der Waals surface area contributed by atoms with Crippen LogP contribution in [0.4, 0.5) is 0 Å². The average molecular weight is 865 g/mol. The van der Waals surface area contributed by atoms with Gasteiger partial charge in [-0.05, 0) is 33.4 Å². The van der Waals surface area contributed by atoms with Crippen LogP contribution in [0.3, 0.4) is 0 Å². The van der Waals surface area contributed by atoms with Crippen molar-refractivity contribution in [3.05, 3.63) is 228 Å². The van der Waals surface area contributed by atoms with Gasteiger partial charge in [-0.25, -0.2) is 0 Å². The molecule has 0 saturated heterocycles. The van der Waals surface area contributed by atoms with Crippen molar-refractivity contribution in [1.82, 2.24) is 0 Å². The molecule has 336 valence electrons. The van der Waals surface area contributed by atoms with Gasteiger partial charge in [0.2, 0.25) is 0 Å². The highest BCUT2D eigenvalue weighted by Crippen LogP contribution is 2.25. The van der Waals surface area contributed by atoms with E-state index in [1.165, 1.54) is 0 Å². The van der Waals surface area contributed by atoms with E-state index in [0.717, 1.165) is 33.4 Å². The third kappa shape index (κ3) is 18.5. The Morgan fingerprint density at radius 2 is 0.406 bits per heavy atom. The molecule has 0 N–H and O–H groups in total. The van der Waals surface area contributed by atoms with Crippen LogP contribution in [0.2, 0.25) is 0 Å². The SMILES string of the molecule is C(=C\COCC(COCc1ccccc1)(COCc1ccccc1)COCc1ccccc1)/COCC(COCc1ccccc1)(COCc1ccccc1)COCc1ccccc1. The van der Waals surface area contributed by atoms with E-state index in [0.29, 0.717) is 106 Å². The maximum absolute atomic E-state index is 6.40. The molecule has 0 saturated carbocycles. The summed E-state index contributed by atoms with van der Waals surface area (Å²) in [5.41, 5.74) is 5.49. The van der Waals surface area contributed by atoms with E-state index in [-0.39, 0.29) is 0 Å². The van der Waals surface area contributed by atoms with Crippen LogP contribution in [-0.4, -0.2) is 66.1 Å². The van der Waals surface area contributed by atoms with Crippen LogP contribution in [0.1, 0.15) is 33.4 Å². The van der Waals surface area contributed by atoms with Gasteiger partial charge in [-0.2, -0.15) is 0 Å². The van der Waals surface area contributed by atoms with Gasteiger partial charge >= 0.3 is 0 Å². The minimum atomic E-state index is -0.568. The van der Waals surface area contributed by atoms with Gasteiger partial charge in [0.25, 0.3) is 0 Å². The lowest BCUT2D eigenvalue weighted by Crippen LogP contribution is -2.42. The highest BCUT2D eigenvalue weighted by Gasteiger charge is 2.34. The van der Waals surface area contributed by atoms with Crippen molar-refractivity contribution in [1.29, 1.82) is 0 Å². The summed E-state index contributed by atoms with van der Waals surface area (Å²) < 4.78 is 51.1. The molecule has 0 atom stereocenters. The van der Waals surface area contributed by atoms with Crippen molar-refractivity contribution in [2.24, 2.45) is 10.8 Å². The maximum atomic E-state index is 6.40. The third-order valence-corrected chi connectivity index (χ3v) is 10.5. The van der Waals surface area contributed by atoms with Gasteiger partial charge in [-0.3, -0.25) is 0 Å². The molecule has 8 nitrogen and oxygen atoms in total. The van der Waals surface area contributed by atoms with Crippen molar-refractivity contribution < 1.29 is 37.9 Å². The van der Waals surface area contributed by atoms with Gasteiger partial charge < -0.3 is 37.9 Å². The Morgan fingerprint density at radius 1 is 0.234 bits per heavy atom. The first kappa shape index (κ1) is 48.2. The average Bonchev–Trinajstić information content (AvgIpc) is 3.34. The molecule has 0 aliphatic heterocycles. The summed E-state index contributed by atoms with van der Waals surface area (Å²) >= 11 is 0. The number of ether oxygens (including phenoxy) is 8. The summed E-state index contributed by atoms with van der Waals surface area (Å²) in [7, 11) is 0. The zero-order valence-corrected chi connectivity index (χ0v) is 37.1. The second-order valence-electron chi connectivity index (χ2n) is 16.4. The minimum Gasteiger partial charge on any atom is -0.377 e. The molecule has 0 heterocycles. The van der Waals surface area contributed by atoms with Crippen LogP contribution in [0.5, 0.6) is 0 Å². The van der Waals surface area contributed by atoms with Gasteiger partial charge in [0.1, 0.15) is 0 Å². The fraction of sp³-hybridized carbons (Fsp3) is 0.321. The summed E-state index contributed by atoms with van der Waals surface area (Å²) in [4.78, 5) is 0. The number of rotatable bonds is 32. The lowest BCUT2D eigenvalue weighted by atomic mass is 9.92. The predicted octanol–water partition coefficient (Wildman–Crippen LogP) is 10.8. The molecule has 0 radical (unpaired) electrons. The van der Waals surface area contributed by atoms with Crippen LogP contribution >= 0.6 is 0 Å². The van der Waals surface area contributed by atoms with Gasteiger partial charge in [-0.1, -0.05) is 194 Å². The second-order valence-corrected chi connectivity index (χ2v) is 16.4. The topological polar surface area (TPSA) is 73.8 Å². The number of hydrogen-bond donors (Lipinski definition) is 0. The molecular formula is C56H64O8. The Morgan fingerprint density at radius 3 is 0.594 bits per heavy atom. The molecule has 0 unspecified atom stereocenters. The molecule has 0 aromatic heterocycles. The zero-order chi connectivity index (χ0) is 44.1. The maximum Gasteiger partial charge on any atom is 0.0717 e. The first-order valence-corrected chi connectivity index (χ1v) is 22.2. The van der Waals surface area contributed by atoms with Gasteiger partial charge in [0.15, 0.2) is 0 Å². The monoisotopic (exact) mass is 864 g/mol. The normalized spacial score (nSPS) is 11.9. The highest BCUT2D eigenvalue weighted by molar-refractivity contribution is 5.17. The molecular weight excluding hydrogens is 801 g/mol.